The first kappa shape index (κ1) is 12.3. The fourth-order valence-corrected chi connectivity index (χ4v) is 3.32. The van der Waals surface area contributed by atoms with Gasteiger partial charge in [-0.1, -0.05) is 12.5 Å². The summed E-state index contributed by atoms with van der Waals surface area (Å²) >= 11 is 3.69. The molecule has 0 amide bonds. The molecular formula is C14H18BrNO2. The summed E-state index contributed by atoms with van der Waals surface area (Å²) < 4.78 is 12.6. The molecule has 0 spiro atoms. The van der Waals surface area contributed by atoms with Crippen molar-refractivity contribution in [3.63, 3.8) is 0 Å². The van der Waals surface area contributed by atoms with Gasteiger partial charge < -0.3 is 14.8 Å². The first-order valence-corrected chi connectivity index (χ1v) is 7.47. The topological polar surface area (TPSA) is 30.5 Å². The Bertz CT molecular complexity index is 430. The van der Waals surface area contributed by atoms with Crippen LogP contribution in [-0.2, 0) is 0 Å². The standard InChI is InChI=1S/C14H18BrNO2/c15-13-10(11-4-1-2-7-16-11)5-6-12-14(13)18-9-3-8-17-12/h5-6,11,16H,1-4,7-9H2. The van der Waals surface area contributed by atoms with Gasteiger partial charge in [0.25, 0.3) is 0 Å². The van der Waals surface area contributed by atoms with Crippen LogP contribution in [0.5, 0.6) is 11.5 Å². The summed E-state index contributed by atoms with van der Waals surface area (Å²) in [6.07, 6.45) is 4.70. The van der Waals surface area contributed by atoms with Crippen LogP contribution in [-0.4, -0.2) is 19.8 Å². The van der Waals surface area contributed by atoms with Crippen molar-refractivity contribution in [3.8, 4) is 11.5 Å². The second kappa shape index (κ2) is 5.49. The number of rotatable bonds is 1. The lowest BCUT2D eigenvalue weighted by Gasteiger charge is -2.25. The zero-order valence-electron chi connectivity index (χ0n) is 10.4. The molecule has 3 nitrogen and oxygen atoms in total. The van der Waals surface area contributed by atoms with E-state index in [1.54, 1.807) is 0 Å². The predicted octanol–water partition coefficient (Wildman–Crippen LogP) is 3.43. The minimum Gasteiger partial charge on any atom is -0.490 e. The molecule has 0 aliphatic carbocycles. The van der Waals surface area contributed by atoms with Crippen LogP contribution in [0.2, 0.25) is 0 Å². The summed E-state index contributed by atoms with van der Waals surface area (Å²) in [5.41, 5.74) is 1.29. The van der Waals surface area contributed by atoms with E-state index in [4.69, 9.17) is 9.47 Å². The normalized spacial score (nSPS) is 23.5. The first-order chi connectivity index (χ1) is 8.86. The third-order valence-electron chi connectivity index (χ3n) is 3.57. The van der Waals surface area contributed by atoms with Crippen LogP contribution in [0.3, 0.4) is 0 Å². The minimum atomic E-state index is 0.435. The van der Waals surface area contributed by atoms with Crippen molar-refractivity contribution >= 4 is 15.9 Å². The Balaban J connectivity index is 1.93. The molecule has 1 atom stereocenters. The van der Waals surface area contributed by atoms with Gasteiger partial charge in [0.05, 0.1) is 17.7 Å². The average Bonchev–Trinajstić information content (AvgIpc) is 2.66. The van der Waals surface area contributed by atoms with Gasteiger partial charge in [-0.25, -0.2) is 0 Å². The molecule has 18 heavy (non-hydrogen) atoms. The molecule has 1 aromatic carbocycles. The van der Waals surface area contributed by atoms with Crippen LogP contribution in [0.15, 0.2) is 16.6 Å². The molecule has 0 saturated carbocycles. The summed E-state index contributed by atoms with van der Waals surface area (Å²) in [6, 6.07) is 4.63. The van der Waals surface area contributed by atoms with Crippen LogP contribution < -0.4 is 14.8 Å². The Morgan fingerprint density at radius 2 is 2.00 bits per heavy atom. The van der Waals surface area contributed by atoms with Gasteiger partial charge in [0.1, 0.15) is 0 Å². The van der Waals surface area contributed by atoms with Gasteiger partial charge in [0, 0.05) is 12.5 Å². The monoisotopic (exact) mass is 311 g/mol. The van der Waals surface area contributed by atoms with Crippen molar-refractivity contribution in [2.24, 2.45) is 0 Å². The maximum atomic E-state index is 5.81. The van der Waals surface area contributed by atoms with Crippen LogP contribution in [0.25, 0.3) is 0 Å². The number of hydrogen-bond donors (Lipinski definition) is 1. The number of halogens is 1. The molecule has 98 valence electrons. The molecule has 4 heteroatoms. The minimum absolute atomic E-state index is 0.435. The fraction of sp³-hybridized carbons (Fsp3) is 0.571. The van der Waals surface area contributed by atoms with Gasteiger partial charge in [0.2, 0.25) is 0 Å². The van der Waals surface area contributed by atoms with E-state index in [1.807, 2.05) is 6.07 Å². The maximum absolute atomic E-state index is 5.81. The molecule has 0 radical (unpaired) electrons. The lowest BCUT2D eigenvalue weighted by atomic mass is 9.97. The van der Waals surface area contributed by atoms with Gasteiger partial charge in [-0.2, -0.15) is 0 Å². The Kier molecular flexibility index (Phi) is 3.75. The van der Waals surface area contributed by atoms with Gasteiger partial charge >= 0.3 is 0 Å². The third kappa shape index (κ3) is 2.36. The number of piperidine rings is 1. The van der Waals surface area contributed by atoms with Crippen LogP contribution in [0, 0.1) is 0 Å². The molecule has 1 N–H and O–H groups in total. The molecule has 2 heterocycles. The summed E-state index contributed by atoms with van der Waals surface area (Å²) in [4.78, 5) is 0. The van der Waals surface area contributed by atoms with E-state index in [0.717, 1.165) is 42.2 Å². The highest BCUT2D eigenvalue weighted by molar-refractivity contribution is 9.10. The average molecular weight is 312 g/mol. The van der Waals surface area contributed by atoms with Gasteiger partial charge in [-0.05, 0) is 46.9 Å². The summed E-state index contributed by atoms with van der Waals surface area (Å²) in [6.45, 7) is 2.57. The van der Waals surface area contributed by atoms with E-state index in [9.17, 15) is 0 Å². The number of nitrogens with one attached hydrogen (secondary N) is 1. The van der Waals surface area contributed by atoms with Crippen molar-refractivity contribution in [3.05, 3.63) is 22.2 Å². The van der Waals surface area contributed by atoms with Crippen molar-refractivity contribution in [1.29, 1.82) is 0 Å². The van der Waals surface area contributed by atoms with Crippen LogP contribution in [0.1, 0.15) is 37.3 Å². The van der Waals surface area contributed by atoms with E-state index < -0.39 is 0 Å². The second-order valence-electron chi connectivity index (χ2n) is 4.85. The van der Waals surface area contributed by atoms with E-state index in [2.05, 4.69) is 27.3 Å². The quantitative estimate of drug-likeness (QED) is 0.862. The highest BCUT2D eigenvalue weighted by Gasteiger charge is 2.22. The van der Waals surface area contributed by atoms with Gasteiger partial charge in [-0.3, -0.25) is 0 Å². The zero-order valence-corrected chi connectivity index (χ0v) is 12.0. The zero-order chi connectivity index (χ0) is 12.4. The molecule has 3 rings (SSSR count). The molecule has 1 saturated heterocycles. The summed E-state index contributed by atoms with van der Waals surface area (Å²) in [5, 5.41) is 3.57. The van der Waals surface area contributed by atoms with Crippen LogP contribution >= 0.6 is 15.9 Å². The van der Waals surface area contributed by atoms with Crippen molar-refractivity contribution in [2.75, 3.05) is 19.8 Å². The van der Waals surface area contributed by atoms with Crippen molar-refractivity contribution in [2.45, 2.75) is 31.7 Å². The lowest BCUT2D eigenvalue weighted by molar-refractivity contribution is 0.296. The van der Waals surface area contributed by atoms with Gasteiger partial charge in [0.15, 0.2) is 11.5 Å². The highest BCUT2D eigenvalue weighted by Crippen LogP contribution is 2.42. The van der Waals surface area contributed by atoms with E-state index >= 15 is 0 Å². The Labute approximate surface area is 116 Å². The molecule has 1 fully saturated rings. The van der Waals surface area contributed by atoms with E-state index in [0.29, 0.717) is 6.04 Å². The number of fused-ring (bicyclic) bond motifs is 1. The smallest absolute Gasteiger partial charge is 0.175 e. The molecule has 2 aliphatic heterocycles. The Morgan fingerprint density at radius 3 is 2.83 bits per heavy atom. The molecule has 1 unspecified atom stereocenters. The summed E-state index contributed by atoms with van der Waals surface area (Å²) in [5.74, 6) is 1.73. The summed E-state index contributed by atoms with van der Waals surface area (Å²) in [7, 11) is 0. The second-order valence-corrected chi connectivity index (χ2v) is 5.64. The van der Waals surface area contributed by atoms with E-state index in [1.165, 1.54) is 24.8 Å². The van der Waals surface area contributed by atoms with Crippen molar-refractivity contribution in [1.82, 2.24) is 5.32 Å². The number of ether oxygens (including phenoxy) is 2. The Hall–Kier alpha value is -0.740. The first-order valence-electron chi connectivity index (χ1n) is 6.67. The van der Waals surface area contributed by atoms with Crippen LogP contribution in [0.4, 0.5) is 0 Å². The molecular weight excluding hydrogens is 294 g/mol. The third-order valence-corrected chi connectivity index (χ3v) is 4.39. The molecule has 1 aromatic rings. The Morgan fingerprint density at radius 1 is 1.11 bits per heavy atom. The largest absolute Gasteiger partial charge is 0.490 e. The molecule has 2 aliphatic rings. The predicted molar refractivity (Wildman–Crippen MR) is 74.3 cm³/mol. The fourth-order valence-electron chi connectivity index (χ4n) is 2.60. The van der Waals surface area contributed by atoms with Gasteiger partial charge in [-0.15, -0.1) is 0 Å². The molecule has 0 bridgehead atoms. The van der Waals surface area contributed by atoms with Crippen molar-refractivity contribution < 1.29 is 9.47 Å². The molecule has 0 aromatic heterocycles. The highest BCUT2D eigenvalue weighted by atomic mass is 79.9. The lowest BCUT2D eigenvalue weighted by Crippen LogP contribution is -2.27. The van der Waals surface area contributed by atoms with E-state index in [-0.39, 0.29) is 0 Å². The number of hydrogen-bond acceptors (Lipinski definition) is 3. The number of benzene rings is 1. The maximum Gasteiger partial charge on any atom is 0.175 e. The SMILES string of the molecule is Brc1c(C2CCCCN2)ccc2c1OCCCO2.